The van der Waals surface area contributed by atoms with Crippen molar-refractivity contribution < 1.29 is 0 Å². The lowest BCUT2D eigenvalue weighted by atomic mass is 9.81. The summed E-state index contributed by atoms with van der Waals surface area (Å²) >= 11 is 0. The average Bonchev–Trinajstić information content (AvgIpc) is 2.66. The van der Waals surface area contributed by atoms with Gasteiger partial charge in [0.2, 0.25) is 0 Å². The monoisotopic (exact) mass is 306 g/mol. The Hall–Kier alpha value is -2.16. The van der Waals surface area contributed by atoms with E-state index in [1.54, 1.807) is 0 Å². The molecule has 0 spiro atoms. The van der Waals surface area contributed by atoms with Crippen LogP contribution in [0, 0.1) is 6.92 Å². The smallest absolute Gasteiger partial charge is 0.276 e. The van der Waals surface area contributed by atoms with Gasteiger partial charge < -0.3 is 4.40 Å². The van der Waals surface area contributed by atoms with Crippen molar-refractivity contribution >= 4 is 16.4 Å². The summed E-state index contributed by atoms with van der Waals surface area (Å²) in [5, 5.41) is 2.29. The predicted octanol–water partition coefficient (Wildman–Crippen LogP) is 4.12. The van der Waals surface area contributed by atoms with Gasteiger partial charge in [0.15, 0.2) is 0 Å². The largest absolute Gasteiger partial charge is 0.304 e. The molecular formula is C20H22N2O. The van der Waals surface area contributed by atoms with Crippen LogP contribution in [0.15, 0.2) is 35.3 Å². The van der Waals surface area contributed by atoms with Crippen LogP contribution in [-0.2, 0) is 10.8 Å². The first-order valence-corrected chi connectivity index (χ1v) is 8.18. The Kier molecular flexibility index (Phi) is 2.65. The molecule has 23 heavy (non-hydrogen) atoms. The molecule has 3 aromatic rings. The summed E-state index contributed by atoms with van der Waals surface area (Å²) in [6.45, 7) is 11.1. The van der Waals surface area contributed by atoms with Gasteiger partial charge in [-0.15, -0.1) is 0 Å². The highest BCUT2D eigenvalue weighted by atomic mass is 16.1. The van der Waals surface area contributed by atoms with Crippen molar-refractivity contribution in [2.75, 3.05) is 0 Å². The summed E-state index contributed by atoms with van der Waals surface area (Å²) in [4.78, 5) is 16.5. The van der Waals surface area contributed by atoms with Crippen LogP contribution in [0.25, 0.3) is 16.4 Å². The topological polar surface area (TPSA) is 34.4 Å². The SMILES string of the molecule is Cc1cn2c3c(c4ccccc4c2nc1=O)C(C)(C)CC3(C)C. The first-order chi connectivity index (χ1) is 10.7. The standard InChI is InChI=1S/C20H22N2O/c1-12-10-22-16-15(19(2,3)11-20(16,4)5)13-8-6-7-9-14(13)17(22)21-18(12)23/h6-10H,11H2,1-5H3. The number of rotatable bonds is 0. The van der Waals surface area contributed by atoms with Crippen LogP contribution >= 0.6 is 0 Å². The number of benzene rings is 1. The number of pyridine rings is 1. The number of nitrogens with zero attached hydrogens (tertiary/aromatic N) is 2. The zero-order valence-electron chi connectivity index (χ0n) is 14.4. The van der Waals surface area contributed by atoms with E-state index in [2.05, 4.69) is 55.3 Å². The normalized spacial score (nSPS) is 18.5. The van der Waals surface area contributed by atoms with Crippen LogP contribution in [0.5, 0.6) is 0 Å². The molecule has 0 saturated heterocycles. The molecule has 1 aliphatic carbocycles. The lowest BCUT2D eigenvalue weighted by molar-refractivity contribution is 0.398. The van der Waals surface area contributed by atoms with Crippen molar-refractivity contribution in [1.82, 2.24) is 9.38 Å². The molecule has 0 bridgehead atoms. The third-order valence-corrected chi connectivity index (χ3v) is 5.21. The van der Waals surface area contributed by atoms with E-state index in [4.69, 9.17) is 0 Å². The van der Waals surface area contributed by atoms with Crippen molar-refractivity contribution in [3.8, 4) is 0 Å². The van der Waals surface area contributed by atoms with E-state index in [-0.39, 0.29) is 16.4 Å². The van der Waals surface area contributed by atoms with Gasteiger partial charge in [0.25, 0.3) is 5.56 Å². The van der Waals surface area contributed by atoms with E-state index in [1.165, 1.54) is 16.6 Å². The number of fused-ring (bicyclic) bond motifs is 6. The summed E-state index contributed by atoms with van der Waals surface area (Å²) in [7, 11) is 0. The van der Waals surface area contributed by atoms with Crippen molar-refractivity contribution in [2.24, 2.45) is 0 Å². The van der Waals surface area contributed by atoms with Crippen molar-refractivity contribution in [2.45, 2.75) is 51.9 Å². The Labute approximate surface area is 136 Å². The molecule has 118 valence electrons. The fourth-order valence-corrected chi connectivity index (χ4v) is 4.68. The van der Waals surface area contributed by atoms with Gasteiger partial charge in [0.1, 0.15) is 5.65 Å². The van der Waals surface area contributed by atoms with Crippen molar-refractivity contribution in [3.05, 3.63) is 57.6 Å². The summed E-state index contributed by atoms with van der Waals surface area (Å²) in [5.74, 6) is 0. The first-order valence-electron chi connectivity index (χ1n) is 8.18. The van der Waals surface area contributed by atoms with Gasteiger partial charge in [-0.25, -0.2) is 0 Å². The highest BCUT2D eigenvalue weighted by molar-refractivity contribution is 5.98. The van der Waals surface area contributed by atoms with Crippen LogP contribution < -0.4 is 5.56 Å². The molecule has 0 N–H and O–H groups in total. The minimum absolute atomic E-state index is 0.0459. The number of hydrogen-bond acceptors (Lipinski definition) is 2. The van der Waals surface area contributed by atoms with Crippen LogP contribution in [0.1, 0.15) is 50.9 Å². The minimum atomic E-state index is -0.134. The summed E-state index contributed by atoms with van der Waals surface area (Å²) < 4.78 is 2.17. The van der Waals surface area contributed by atoms with E-state index < -0.39 is 0 Å². The fourth-order valence-electron chi connectivity index (χ4n) is 4.68. The third-order valence-electron chi connectivity index (χ3n) is 5.21. The van der Waals surface area contributed by atoms with E-state index in [0.29, 0.717) is 5.56 Å². The zero-order chi connectivity index (χ0) is 16.6. The maximum Gasteiger partial charge on any atom is 0.276 e. The molecule has 0 saturated carbocycles. The number of aryl methyl sites for hydroxylation is 1. The van der Waals surface area contributed by atoms with E-state index in [9.17, 15) is 4.79 Å². The Bertz CT molecular complexity index is 1030. The second-order valence-electron chi connectivity index (χ2n) is 8.14. The van der Waals surface area contributed by atoms with Gasteiger partial charge in [0, 0.05) is 28.3 Å². The van der Waals surface area contributed by atoms with Gasteiger partial charge in [-0.2, -0.15) is 4.98 Å². The highest BCUT2D eigenvalue weighted by Crippen LogP contribution is 2.51. The maximum atomic E-state index is 12.1. The van der Waals surface area contributed by atoms with E-state index >= 15 is 0 Å². The van der Waals surface area contributed by atoms with Crippen molar-refractivity contribution in [3.63, 3.8) is 0 Å². The van der Waals surface area contributed by atoms with Gasteiger partial charge in [-0.3, -0.25) is 4.79 Å². The van der Waals surface area contributed by atoms with Crippen LogP contribution in [-0.4, -0.2) is 9.38 Å². The number of aromatic nitrogens is 2. The van der Waals surface area contributed by atoms with Crippen LogP contribution in [0.4, 0.5) is 0 Å². The predicted molar refractivity (Wildman–Crippen MR) is 94.4 cm³/mol. The summed E-state index contributed by atoms with van der Waals surface area (Å²) in [5.41, 5.74) is 4.18. The zero-order valence-corrected chi connectivity index (χ0v) is 14.4. The maximum absolute atomic E-state index is 12.1. The third kappa shape index (κ3) is 1.82. The van der Waals surface area contributed by atoms with Crippen molar-refractivity contribution in [1.29, 1.82) is 0 Å². The molecule has 0 amide bonds. The molecule has 0 fully saturated rings. The molecule has 1 aliphatic rings. The molecule has 1 aromatic carbocycles. The Balaban J connectivity index is 2.37. The molecule has 0 unspecified atom stereocenters. The average molecular weight is 306 g/mol. The van der Waals surface area contributed by atoms with Gasteiger partial charge in [-0.05, 0) is 29.7 Å². The molecular weight excluding hydrogens is 284 g/mol. The molecule has 0 aliphatic heterocycles. The van der Waals surface area contributed by atoms with E-state index in [0.717, 1.165) is 17.5 Å². The second-order valence-corrected chi connectivity index (χ2v) is 8.14. The molecule has 3 heteroatoms. The molecule has 3 nitrogen and oxygen atoms in total. The first kappa shape index (κ1) is 14.4. The minimum Gasteiger partial charge on any atom is -0.304 e. The Morgan fingerprint density at radius 1 is 1.04 bits per heavy atom. The Morgan fingerprint density at radius 2 is 1.70 bits per heavy atom. The Morgan fingerprint density at radius 3 is 2.39 bits per heavy atom. The summed E-state index contributed by atoms with van der Waals surface area (Å²) in [6.07, 6.45) is 3.06. The second kappa shape index (κ2) is 4.22. The quantitative estimate of drug-likeness (QED) is 0.586. The lowest BCUT2D eigenvalue weighted by Gasteiger charge is -2.23. The number of hydrogen-bond donors (Lipinski definition) is 0. The molecule has 2 heterocycles. The van der Waals surface area contributed by atoms with Crippen LogP contribution in [0.2, 0.25) is 0 Å². The molecule has 4 rings (SSSR count). The van der Waals surface area contributed by atoms with Gasteiger partial charge >= 0.3 is 0 Å². The highest BCUT2D eigenvalue weighted by Gasteiger charge is 2.45. The molecule has 0 atom stereocenters. The molecule has 2 aromatic heterocycles. The molecule has 0 radical (unpaired) electrons. The fraction of sp³-hybridized carbons (Fsp3) is 0.400. The summed E-state index contributed by atoms with van der Waals surface area (Å²) in [6, 6.07) is 8.35. The van der Waals surface area contributed by atoms with E-state index in [1.807, 2.05) is 19.2 Å². The van der Waals surface area contributed by atoms with Gasteiger partial charge in [0.05, 0.1) is 0 Å². The van der Waals surface area contributed by atoms with Crippen LogP contribution in [0.3, 0.4) is 0 Å². The van der Waals surface area contributed by atoms with Gasteiger partial charge in [-0.1, -0.05) is 52.0 Å². The lowest BCUT2D eigenvalue weighted by Crippen LogP contribution is -2.21.